The topological polar surface area (TPSA) is 0 Å². The minimum atomic E-state index is -2.04. The normalized spacial score (nSPS) is 14.6. The number of unbranched alkanes of at least 4 members (excludes halogenated alkanes) is 8. The maximum atomic E-state index is 2.61. The number of rotatable bonds is 16. The van der Waals surface area contributed by atoms with Crippen molar-refractivity contribution < 1.29 is 0 Å². The summed E-state index contributed by atoms with van der Waals surface area (Å²) in [6, 6.07) is 16.6. The predicted molar refractivity (Wildman–Crippen MR) is 173 cm³/mol. The molecule has 0 nitrogen and oxygen atoms in total. The van der Waals surface area contributed by atoms with Gasteiger partial charge in [-0.15, -0.1) is 22.7 Å². The molecule has 0 saturated heterocycles. The summed E-state index contributed by atoms with van der Waals surface area (Å²) in [5.41, 5.74) is 1.47. The van der Waals surface area contributed by atoms with Crippen LogP contribution in [0.1, 0.15) is 113 Å². The van der Waals surface area contributed by atoms with Gasteiger partial charge in [0.2, 0.25) is 0 Å². The van der Waals surface area contributed by atoms with E-state index in [1.54, 1.807) is 25.3 Å². The highest BCUT2D eigenvalue weighted by atomic mass is 32.1. The molecule has 4 rings (SSSR count). The van der Waals surface area contributed by atoms with Gasteiger partial charge in [0.15, 0.2) is 8.07 Å². The summed E-state index contributed by atoms with van der Waals surface area (Å²) in [7, 11) is -2.04. The second-order valence-corrected chi connectivity index (χ2v) is 18.0. The van der Waals surface area contributed by atoms with Crippen LogP contribution in [0.25, 0.3) is 9.75 Å². The Balaban J connectivity index is 1.69. The van der Waals surface area contributed by atoms with Gasteiger partial charge < -0.3 is 0 Å². The van der Waals surface area contributed by atoms with Crippen LogP contribution in [-0.4, -0.2) is 8.07 Å². The molecule has 3 aromatic rings. The van der Waals surface area contributed by atoms with Gasteiger partial charge >= 0.3 is 0 Å². The van der Waals surface area contributed by atoms with Crippen molar-refractivity contribution in [3.8, 4) is 9.75 Å². The molecule has 1 aliphatic rings. The molecule has 1 aromatic carbocycles. The molecule has 3 heterocycles. The molecule has 0 radical (unpaired) electrons. The van der Waals surface area contributed by atoms with Gasteiger partial charge in [0.25, 0.3) is 0 Å². The number of thiophene rings is 2. The van der Waals surface area contributed by atoms with Crippen LogP contribution in [0.5, 0.6) is 0 Å². The van der Waals surface area contributed by atoms with Crippen molar-refractivity contribution in [3.05, 3.63) is 51.7 Å². The van der Waals surface area contributed by atoms with Crippen molar-refractivity contribution >= 4 is 46.3 Å². The summed E-state index contributed by atoms with van der Waals surface area (Å²) >= 11 is 4.13. The molecule has 1 atom stereocenters. The third-order valence-corrected chi connectivity index (χ3v) is 16.5. The Bertz CT molecular complexity index is 1060. The van der Waals surface area contributed by atoms with E-state index >= 15 is 0 Å². The lowest BCUT2D eigenvalue weighted by Gasteiger charge is -2.34. The second-order valence-electron chi connectivity index (χ2n) is 11.6. The molecule has 1 aliphatic heterocycles. The molecule has 3 heteroatoms. The number of hydrogen-bond donors (Lipinski definition) is 0. The van der Waals surface area contributed by atoms with Crippen LogP contribution in [-0.2, 0) is 6.42 Å². The molecule has 202 valence electrons. The molecule has 0 aliphatic carbocycles. The Kier molecular flexibility index (Phi) is 10.7. The lowest BCUT2D eigenvalue weighted by Crippen LogP contribution is -2.65. The van der Waals surface area contributed by atoms with Crippen LogP contribution < -0.4 is 15.6 Å². The van der Waals surface area contributed by atoms with Crippen molar-refractivity contribution in [1.82, 2.24) is 0 Å². The molecule has 0 amide bonds. The van der Waals surface area contributed by atoms with E-state index in [1.165, 1.54) is 98.4 Å². The zero-order chi connectivity index (χ0) is 26.3. The second kappa shape index (κ2) is 13.8. The Labute approximate surface area is 237 Å². The van der Waals surface area contributed by atoms with E-state index in [-0.39, 0.29) is 0 Å². The monoisotopic (exact) mass is 550 g/mol. The molecule has 0 bridgehead atoms. The first kappa shape index (κ1) is 28.8. The maximum Gasteiger partial charge on any atom is 0.152 e. The molecular formula is C34H50S2Si. The van der Waals surface area contributed by atoms with E-state index in [1.807, 2.05) is 0 Å². The van der Waals surface area contributed by atoms with E-state index in [9.17, 15) is 0 Å². The Hall–Kier alpha value is -1.16. The van der Waals surface area contributed by atoms with Gasteiger partial charge in [0.05, 0.1) is 0 Å². The Morgan fingerprint density at radius 3 is 1.65 bits per heavy atom. The smallest absolute Gasteiger partial charge is 0.140 e. The van der Waals surface area contributed by atoms with E-state index in [0.29, 0.717) is 0 Å². The fourth-order valence-electron chi connectivity index (χ4n) is 6.67. The molecule has 1 unspecified atom stereocenters. The summed E-state index contributed by atoms with van der Waals surface area (Å²) in [5, 5.41) is 5.17. The highest BCUT2D eigenvalue weighted by Crippen LogP contribution is 2.42. The van der Waals surface area contributed by atoms with Gasteiger partial charge in [-0.25, -0.2) is 0 Å². The fourth-order valence-corrected chi connectivity index (χ4v) is 16.0. The molecule has 0 spiro atoms. The number of fused-ring (bicyclic) bond motifs is 3. The molecule has 0 N–H and O–H groups in total. The molecular weight excluding hydrogens is 501 g/mol. The third-order valence-electron chi connectivity index (χ3n) is 8.72. The fraction of sp³-hybridized carbons (Fsp3) is 0.588. The minimum Gasteiger partial charge on any atom is -0.140 e. The van der Waals surface area contributed by atoms with Crippen LogP contribution in [0, 0.1) is 19.8 Å². The SMILES string of the molecule is CCCCCCCCC(CCCCCC)C[Si]1(c2ccc(CC)cc2)c2cc(C)sc2-c2sc(C)cc21. The van der Waals surface area contributed by atoms with Gasteiger partial charge in [-0.05, 0) is 65.5 Å². The van der Waals surface area contributed by atoms with Crippen molar-refractivity contribution in [2.45, 2.75) is 124 Å². The van der Waals surface area contributed by atoms with Gasteiger partial charge in [0.1, 0.15) is 0 Å². The van der Waals surface area contributed by atoms with E-state index in [2.05, 4.69) is 93.7 Å². The first-order valence-corrected chi connectivity index (χ1v) is 19.2. The minimum absolute atomic E-state index is 0.847. The largest absolute Gasteiger partial charge is 0.152 e. The zero-order valence-electron chi connectivity index (χ0n) is 24.3. The molecule has 37 heavy (non-hydrogen) atoms. The van der Waals surface area contributed by atoms with E-state index in [0.717, 1.165) is 12.3 Å². The molecule has 0 saturated carbocycles. The predicted octanol–water partition coefficient (Wildman–Crippen LogP) is 9.78. The molecule has 2 aromatic heterocycles. The average Bonchev–Trinajstić information content (AvgIpc) is 3.54. The van der Waals surface area contributed by atoms with E-state index in [4.69, 9.17) is 0 Å². The average molecular weight is 551 g/mol. The first-order chi connectivity index (χ1) is 18.0. The van der Waals surface area contributed by atoms with Crippen molar-refractivity contribution in [2.75, 3.05) is 0 Å². The third kappa shape index (κ3) is 6.53. The number of aryl methyl sites for hydroxylation is 3. The van der Waals surface area contributed by atoms with Crippen LogP contribution >= 0.6 is 22.7 Å². The molecule has 0 fully saturated rings. The summed E-state index contributed by atoms with van der Waals surface area (Å²) < 4.78 is 0. The quantitative estimate of drug-likeness (QED) is 0.123. The van der Waals surface area contributed by atoms with Crippen LogP contribution in [0.2, 0.25) is 6.04 Å². The number of benzene rings is 1. The van der Waals surface area contributed by atoms with Gasteiger partial charge in [0, 0.05) is 19.5 Å². The lowest BCUT2D eigenvalue weighted by molar-refractivity contribution is 0.431. The summed E-state index contributed by atoms with van der Waals surface area (Å²) in [6.07, 6.45) is 18.0. The summed E-state index contributed by atoms with van der Waals surface area (Å²) in [6.45, 7) is 11.6. The van der Waals surface area contributed by atoms with Crippen molar-refractivity contribution in [1.29, 1.82) is 0 Å². The van der Waals surface area contributed by atoms with Gasteiger partial charge in [-0.3, -0.25) is 0 Å². The van der Waals surface area contributed by atoms with Crippen LogP contribution in [0.4, 0.5) is 0 Å². The lowest BCUT2D eigenvalue weighted by atomic mass is 9.96. The van der Waals surface area contributed by atoms with Crippen LogP contribution in [0.15, 0.2) is 36.4 Å². The van der Waals surface area contributed by atoms with Crippen molar-refractivity contribution in [2.24, 2.45) is 5.92 Å². The highest BCUT2D eigenvalue weighted by Gasteiger charge is 2.50. The van der Waals surface area contributed by atoms with Gasteiger partial charge in [-0.2, -0.15) is 0 Å². The Morgan fingerprint density at radius 2 is 1.14 bits per heavy atom. The van der Waals surface area contributed by atoms with Crippen LogP contribution in [0.3, 0.4) is 0 Å². The van der Waals surface area contributed by atoms with Crippen molar-refractivity contribution in [3.63, 3.8) is 0 Å². The van der Waals surface area contributed by atoms with E-state index < -0.39 is 8.07 Å². The number of hydrogen-bond acceptors (Lipinski definition) is 2. The zero-order valence-corrected chi connectivity index (χ0v) is 26.9. The highest BCUT2D eigenvalue weighted by molar-refractivity contribution is 7.31. The summed E-state index contributed by atoms with van der Waals surface area (Å²) in [4.78, 5) is 6.25. The maximum absolute atomic E-state index is 2.61. The first-order valence-electron chi connectivity index (χ1n) is 15.3. The summed E-state index contributed by atoms with van der Waals surface area (Å²) in [5.74, 6) is 0.847. The van der Waals surface area contributed by atoms with Gasteiger partial charge in [-0.1, -0.05) is 122 Å². The Morgan fingerprint density at radius 1 is 0.649 bits per heavy atom. The standard InChI is InChI=1S/C34H50S2Si/c1-6-9-11-13-14-16-18-29(17-15-12-10-7-2)25-37(30-21-19-28(8-3)20-22-30)31-23-26(4)35-33(31)34-32(37)24-27(5)36-34/h19-24,29H,6-18,25H2,1-5H3.